The van der Waals surface area contributed by atoms with Crippen molar-refractivity contribution in [3.8, 4) is 11.5 Å². The van der Waals surface area contributed by atoms with Crippen molar-refractivity contribution in [3.63, 3.8) is 0 Å². The molecular weight excluding hydrogens is 555 g/mol. The van der Waals surface area contributed by atoms with E-state index in [0.29, 0.717) is 32.9 Å². The molecule has 216 valence electrons. The molecule has 4 heterocycles. The lowest BCUT2D eigenvalue weighted by atomic mass is 9.78. The lowest BCUT2D eigenvalue weighted by Crippen LogP contribution is -2.67. The number of urea groups is 1. The van der Waals surface area contributed by atoms with Crippen LogP contribution in [0.2, 0.25) is 25.7 Å². The van der Waals surface area contributed by atoms with Crippen molar-refractivity contribution >= 4 is 30.8 Å². The minimum atomic E-state index is -4.80. The maximum atomic E-state index is 15.0. The largest absolute Gasteiger partial charge is 0.450 e. The highest BCUT2D eigenvalue weighted by Crippen LogP contribution is 2.42. The Labute approximate surface area is 228 Å². The molecule has 2 aromatic heterocycles. The van der Waals surface area contributed by atoms with Crippen LogP contribution in [0.5, 0.6) is 11.5 Å². The average molecular weight is 585 g/mol. The number of benzene rings is 1. The standard InChI is InChI=1S/C26H29F5N4O4Si/c1-40(2,3)7-6-37-15-34-10-17(26(29,30)31)21-20(4-5-32-23(21)34)39-22-18(27)8-16(9-19(22)28)33-24(36)35-11-25(12-35)13-38-14-25/h4-5,8-10H,6-7,11-15H2,1-3H3,(H,33,36). The molecule has 5 rings (SSSR count). The second-order valence-electron chi connectivity index (χ2n) is 11.5. The van der Waals surface area contributed by atoms with Gasteiger partial charge in [-0.2, -0.15) is 13.2 Å². The van der Waals surface area contributed by atoms with Crippen molar-refractivity contribution in [3.05, 3.63) is 47.8 Å². The fourth-order valence-electron chi connectivity index (χ4n) is 4.65. The highest BCUT2D eigenvalue weighted by Gasteiger charge is 2.50. The number of halogens is 5. The van der Waals surface area contributed by atoms with Crippen LogP contribution in [-0.2, 0) is 22.4 Å². The molecule has 1 spiro atoms. The van der Waals surface area contributed by atoms with E-state index in [0.717, 1.165) is 30.4 Å². The van der Waals surface area contributed by atoms with Crippen LogP contribution in [0.1, 0.15) is 5.56 Å². The summed E-state index contributed by atoms with van der Waals surface area (Å²) in [5.74, 6) is -3.74. The number of hydrogen-bond acceptors (Lipinski definition) is 5. The maximum Gasteiger partial charge on any atom is 0.418 e. The molecule has 1 N–H and O–H groups in total. The van der Waals surface area contributed by atoms with Crippen LogP contribution >= 0.6 is 0 Å². The Bertz CT molecular complexity index is 1400. The van der Waals surface area contributed by atoms with Crippen molar-refractivity contribution in [1.82, 2.24) is 14.5 Å². The van der Waals surface area contributed by atoms with E-state index >= 15 is 0 Å². The number of carbonyl (C=O) groups excluding carboxylic acids is 1. The summed E-state index contributed by atoms with van der Waals surface area (Å²) in [6.07, 6.45) is -2.76. The summed E-state index contributed by atoms with van der Waals surface area (Å²) >= 11 is 0. The number of fused-ring (bicyclic) bond motifs is 1. The molecule has 2 aliphatic heterocycles. The Kier molecular flexibility index (Phi) is 7.29. The SMILES string of the molecule is C[Si](C)(C)CCOCn1cc(C(F)(F)F)c2c(Oc3c(F)cc(NC(=O)N4CC5(COC5)C4)cc3F)ccnc21. The molecular formula is C26H29F5N4O4Si. The van der Waals surface area contributed by atoms with E-state index in [2.05, 4.69) is 29.9 Å². The van der Waals surface area contributed by atoms with Gasteiger partial charge in [-0.25, -0.2) is 18.6 Å². The van der Waals surface area contributed by atoms with Gasteiger partial charge in [-0.1, -0.05) is 19.6 Å². The summed E-state index contributed by atoms with van der Waals surface area (Å²) in [7, 11) is -1.41. The summed E-state index contributed by atoms with van der Waals surface area (Å²) in [5.41, 5.74) is -1.37. The van der Waals surface area contributed by atoms with Crippen molar-refractivity contribution in [2.45, 2.75) is 38.6 Å². The van der Waals surface area contributed by atoms with E-state index in [-0.39, 0.29) is 23.5 Å². The minimum Gasteiger partial charge on any atom is -0.450 e. The molecule has 2 aliphatic rings. The van der Waals surface area contributed by atoms with Crippen molar-refractivity contribution in [1.29, 1.82) is 0 Å². The quantitative estimate of drug-likeness (QED) is 0.191. The van der Waals surface area contributed by atoms with Gasteiger partial charge in [0.05, 0.1) is 29.6 Å². The molecule has 0 aliphatic carbocycles. The van der Waals surface area contributed by atoms with E-state index < -0.39 is 54.4 Å². The van der Waals surface area contributed by atoms with Gasteiger partial charge in [0.2, 0.25) is 0 Å². The summed E-state index contributed by atoms with van der Waals surface area (Å²) in [5, 5.41) is 1.98. The number of nitrogens with one attached hydrogen (secondary N) is 1. The van der Waals surface area contributed by atoms with Crippen molar-refractivity contribution < 1.29 is 41.0 Å². The van der Waals surface area contributed by atoms with Gasteiger partial charge in [-0.15, -0.1) is 0 Å². The van der Waals surface area contributed by atoms with Crippen LogP contribution in [0.3, 0.4) is 0 Å². The Morgan fingerprint density at radius 1 is 1.18 bits per heavy atom. The third kappa shape index (κ3) is 5.79. The number of amides is 2. The smallest absolute Gasteiger partial charge is 0.418 e. The number of aromatic nitrogens is 2. The fourth-order valence-corrected chi connectivity index (χ4v) is 5.40. The van der Waals surface area contributed by atoms with Gasteiger partial charge in [-0.05, 0) is 12.1 Å². The van der Waals surface area contributed by atoms with E-state index in [1.807, 2.05) is 0 Å². The number of likely N-dealkylation sites (tertiary alicyclic amines) is 1. The van der Waals surface area contributed by atoms with Crippen LogP contribution in [-0.4, -0.2) is 61.5 Å². The monoisotopic (exact) mass is 584 g/mol. The molecule has 8 nitrogen and oxygen atoms in total. The molecule has 1 aromatic carbocycles. The third-order valence-electron chi connectivity index (χ3n) is 6.87. The van der Waals surface area contributed by atoms with Gasteiger partial charge in [0.25, 0.3) is 0 Å². The number of carbonyl (C=O) groups is 1. The minimum absolute atomic E-state index is 0.0320. The number of pyridine rings is 1. The van der Waals surface area contributed by atoms with E-state index in [9.17, 15) is 26.7 Å². The van der Waals surface area contributed by atoms with E-state index in [4.69, 9.17) is 14.2 Å². The molecule has 2 amide bonds. The summed E-state index contributed by atoms with van der Waals surface area (Å²) in [4.78, 5) is 18.0. The third-order valence-corrected chi connectivity index (χ3v) is 8.57. The van der Waals surface area contributed by atoms with E-state index in [1.165, 1.54) is 15.7 Å². The molecule has 2 saturated heterocycles. The zero-order valence-corrected chi connectivity index (χ0v) is 23.2. The van der Waals surface area contributed by atoms with Crippen LogP contribution in [0, 0.1) is 17.0 Å². The van der Waals surface area contributed by atoms with Crippen LogP contribution in [0.4, 0.5) is 32.4 Å². The number of rotatable bonds is 8. The molecule has 0 bridgehead atoms. The second-order valence-corrected chi connectivity index (χ2v) is 17.1. The Morgan fingerprint density at radius 2 is 1.85 bits per heavy atom. The zero-order valence-electron chi connectivity index (χ0n) is 22.2. The highest BCUT2D eigenvalue weighted by molar-refractivity contribution is 6.76. The Hall–Kier alpha value is -3.23. The Morgan fingerprint density at radius 3 is 2.42 bits per heavy atom. The predicted molar refractivity (Wildman–Crippen MR) is 139 cm³/mol. The van der Waals surface area contributed by atoms with Gasteiger partial charge in [0.1, 0.15) is 18.1 Å². The van der Waals surface area contributed by atoms with Crippen molar-refractivity contribution in [2.75, 3.05) is 38.2 Å². The summed E-state index contributed by atoms with van der Waals surface area (Å²) < 4.78 is 89.2. The van der Waals surface area contributed by atoms with Crippen LogP contribution < -0.4 is 10.1 Å². The molecule has 0 radical (unpaired) electrons. The first-order chi connectivity index (χ1) is 18.7. The van der Waals surface area contributed by atoms with Crippen LogP contribution in [0.15, 0.2) is 30.6 Å². The number of anilines is 1. The molecule has 14 heteroatoms. The molecule has 3 aromatic rings. The van der Waals surface area contributed by atoms with Gasteiger partial charge in [0, 0.05) is 58.0 Å². The van der Waals surface area contributed by atoms with Gasteiger partial charge in [-0.3, -0.25) is 0 Å². The summed E-state index contributed by atoms with van der Waals surface area (Å²) in [6.45, 7) is 8.74. The molecule has 0 saturated carbocycles. The Balaban J connectivity index is 1.36. The number of ether oxygens (including phenoxy) is 3. The van der Waals surface area contributed by atoms with Gasteiger partial charge in [0.15, 0.2) is 17.4 Å². The zero-order chi connectivity index (χ0) is 28.9. The molecule has 0 unspecified atom stereocenters. The summed E-state index contributed by atoms with van der Waals surface area (Å²) in [6, 6.07) is 3.09. The lowest BCUT2D eigenvalue weighted by Gasteiger charge is -2.54. The fraction of sp³-hybridized carbons (Fsp3) is 0.462. The first kappa shape index (κ1) is 28.3. The molecule has 0 atom stereocenters. The highest BCUT2D eigenvalue weighted by atomic mass is 28.3. The predicted octanol–water partition coefficient (Wildman–Crippen LogP) is 6.30. The normalized spacial score (nSPS) is 16.6. The van der Waals surface area contributed by atoms with Gasteiger partial charge >= 0.3 is 12.2 Å². The average Bonchev–Trinajstić information content (AvgIpc) is 3.17. The molecule has 40 heavy (non-hydrogen) atoms. The maximum absolute atomic E-state index is 15.0. The van der Waals surface area contributed by atoms with Crippen LogP contribution in [0.25, 0.3) is 11.0 Å². The van der Waals surface area contributed by atoms with E-state index in [1.54, 1.807) is 0 Å². The number of nitrogens with zero attached hydrogens (tertiary/aromatic N) is 3. The van der Waals surface area contributed by atoms with Crippen molar-refractivity contribution in [2.24, 2.45) is 5.41 Å². The van der Waals surface area contributed by atoms with Gasteiger partial charge < -0.3 is 29.0 Å². The lowest BCUT2D eigenvalue weighted by molar-refractivity contribution is -0.174. The first-order valence-electron chi connectivity index (χ1n) is 12.7. The number of hydrogen-bond donors (Lipinski definition) is 1. The number of alkyl halides is 3. The topological polar surface area (TPSA) is 77.9 Å². The first-order valence-corrected chi connectivity index (χ1v) is 16.4. The second kappa shape index (κ2) is 10.3. The molecule has 2 fully saturated rings.